The number of hydrogen-bond acceptors (Lipinski definition) is 12. The van der Waals surface area contributed by atoms with Crippen LogP contribution < -0.4 is 18.9 Å². The SMILES string of the molecule is COc1ccc(C2(C3(c4ccc(OC)cc4)N=C(c4ccccc4)C(c4ccccc4)=N3)N=C(c3ccccc3)C(c3ccccc3)=N2)cc1.COc1ccc(C2(C3(c4ccc(OC)cc4)N=C(c4ccccc4)C(c4ccccc4)=N3)N=C(c3ccccc3)C(c3ccccc3)=N2)cc1. The predicted octanol–water partition coefficient (Wildman–Crippen LogP) is 17.4. The van der Waals surface area contributed by atoms with Crippen molar-refractivity contribution in [2.45, 2.75) is 22.7 Å². The highest BCUT2D eigenvalue weighted by Gasteiger charge is 2.62. The fourth-order valence-electron chi connectivity index (χ4n) is 13.4. The molecule has 0 atom stereocenters. The van der Waals surface area contributed by atoms with Crippen molar-refractivity contribution in [2.24, 2.45) is 39.9 Å². The van der Waals surface area contributed by atoms with Crippen molar-refractivity contribution in [1.82, 2.24) is 0 Å². The van der Waals surface area contributed by atoms with E-state index in [-0.39, 0.29) is 0 Å². The van der Waals surface area contributed by atoms with Crippen LogP contribution in [0.25, 0.3) is 0 Å². The molecule has 0 unspecified atom stereocenters. The molecule has 0 N–H and O–H groups in total. The van der Waals surface area contributed by atoms with Crippen LogP contribution in [-0.2, 0) is 22.7 Å². The molecule has 0 aliphatic carbocycles. The largest absolute Gasteiger partial charge is 0.497 e. The van der Waals surface area contributed by atoms with Crippen molar-refractivity contribution in [3.05, 3.63) is 406 Å². The maximum atomic E-state index is 5.73. The third-order valence-corrected chi connectivity index (χ3v) is 18.4. The molecule has 4 heterocycles. The number of methoxy groups -OCH3 is 4. The van der Waals surface area contributed by atoms with E-state index in [1.165, 1.54) is 0 Å². The maximum Gasteiger partial charge on any atom is 0.226 e. The molecule has 0 spiro atoms. The molecule has 12 heteroatoms. The van der Waals surface area contributed by atoms with Gasteiger partial charge in [0, 0.05) is 66.8 Å². The second-order valence-electron chi connectivity index (χ2n) is 24.2. The Morgan fingerprint density at radius 2 is 0.280 bits per heavy atom. The van der Waals surface area contributed by atoms with Gasteiger partial charge in [-0.05, 0) is 48.5 Å². The Bertz CT molecular complexity index is 4270. The summed E-state index contributed by atoms with van der Waals surface area (Å²) in [7, 11) is 6.67. The molecule has 12 nitrogen and oxygen atoms in total. The van der Waals surface area contributed by atoms with Gasteiger partial charge >= 0.3 is 0 Å². The first-order valence-electron chi connectivity index (χ1n) is 33.1. The third kappa shape index (κ3) is 11.5. The molecular weight excluding hydrogens is 1230 g/mol. The maximum absolute atomic E-state index is 5.73. The van der Waals surface area contributed by atoms with E-state index < -0.39 is 22.7 Å². The van der Waals surface area contributed by atoms with Gasteiger partial charge in [-0.3, -0.25) is 0 Å². The average Bonchev–Trinajstić information content (AvgIpc) is 1.57. The molecule has 4 aliphatic rings. The molecule has 0 saturated carbocycles. The van der Waals surface area contributed by atoms with E-state index in [2.05, 4.69) is 97.1 Å². The first-order chi connectivity index (χ1) is 49.3. The number of hydrogen-bond donors (Lipinski definition) is 0. The Morgan fingerprint density at radius 1 is 0.160 bits per heavy atom. The summed E-state index contributed by atoms with van der Waals surface area (Å²) >= 11 is 0. The van der Waals surface area contributed by atoms with Crippen molar-refractivity contribution < 1.29 is 18.9 Å². The smallest absolute Gasteiger partial charge is 0.226 e. The topological polar surface area (TPSA) is 136 Å². The number of ether oxygens (including phenoxy) is 4. The van der Waals surface area contributed by atoms with Crippen LogP contribution in [-0.4, -0.2) is 74.1 Å². The van der Waals surface area contributed by atoms with Crippen molar-refractivity contribution in [3.8, 4) is 23.0 Å². The molecule has 0 saturated heterocycles. The van der Waals surface area contributed by atoms with Crippen molar-refractivity contribution in [1.29, 1.82) is 0 Å². The van der Waals surface area contributed by atoms with E-state index in [0.717, 1.165) is 135 Å². The lowest BCUT2D eigenvalue weighted by molar-refractivity contribution is 0.256. The number of rotatable bonds is 18. The van der Waals surface area contributed by atoms with Crippen LogP contribution >= 0.6 is 0 Å². The average molecular weight is 1300 g/mol. The van der Waals surface area contributed by atoms with E-state index in [1.807, 2.05) is 243 Å². The highest BCUT2D eigenvalue weighted by Crippen LogP contribution is 2.57. The molecule has 16 rings (SSSR count). The van der Waals surface area contributed by atoms with E-state index in [1.54, 1.807) is 28.4 Å². The predicted molar refractivity (Wildman–Crippen MR) is 403 cm³/mol. The zero-order valence-electron chi connectivity index (χ0n) is 55.5. The van der Waals surface area contributed by atoms with Crippen molar-refractivity contribution in [2.75, 3.05) is 28.4 Å². The highest BCUT2D eigenvalue weighted by molar-refractivity contribution is 6.57. The van der Waals surface area contributed by atoms with Crippen LogP contribution in [0.15, 0.2) is 380 Å². The molecule has 484 valence electrons. The first kappa shape index (κ1) is 63.3. The standard InChI is InChI=1S/2C44H34N4O2/c2*1-49-37-27-23-35(24-28-37)43(45-39(31-15-7-3-8-16-31)40(46-43)32-17-9-4-10-18-32)44(36-25-29-38(50-2)30-26-36)47-41(33-19-11-5-12-20-33)42(48-44)34-21-13-6-14-22-34/h2*3-30H,1-2H3. The molecule has 12 aromatic carbocycles. The molecule has 0 radical (unpaired) electrons. The molecule has 100 heavy (non-hydrogen) atoms. The fraction of sp³-hybridized carbons (Fsp3) is 0.0909. The summed E-state index contributed by atoms with van der Waals surface area (Å²) in [5.74, 6) is 2.92. The minimum Gasteiger partial charge on any atom is -0.497 e. The number of benzene rings is 12. The van der Waals surface area contributed by atoms with E-state index in [0.29, 0.717) is 0 Å². The quantitative estimate of drug-likeness (QED) is 0.0845. The van der Waals surface area contributed by atoms with Gasteiger partial charge in [-0.15, -0.1) is 0 Å². The van der Waals surface area contributed by atoms with Gasteiger partial charge in [0.25, 0.3) is 0 Å². The zero-order chi connectivity index (χ0) is 67.9. The zero-order valence-corrected chi connectivity index (χ0v) is 55.5. The summed E-state index contributed by atoms with van der Waals surface area (Å²) in [6, 6.07) is 114. The summed E-state index contributed by atoms with van der Waals surface area (Å²) in [4.78, 5) is 45.8. The normalized spacial score (nSPS) is 15.8. The Kier molecular flexibility index (Phi) is 17.3. The summed E-state index contributed by atoms with van der Waals surface area (Å²) in [6.07, 6.45) is 0. The second kappa shape index (κ2) is 27.4. The lowest BCUT2D eigenvalue weighted by atomic mass is 9.82. The van der Waals surface area contributed by atoms with Crippen LogP contribution in [0, 0.1) is 0 Å². The van der Waals surface area contributed by atoms with E-state index in [4.69, 9.17) is 58.9 Å². The number of aliphatic imine (C=N–C) groups is 8. The highest BCUT2D eigenvalue weighted by atomic mass is 16.5. The van der Waals surface area contributed by atoms with Gasteiger partial charge in [-0.2, -0.15) is 0 Å². The van der Waals surface area contributed by atoms with Gasteiger partial charge in [-0.25, -0.2) is 39.9 Å². The van der Waals surface area contributed by atoms with Crippen LogP contribution in [0.5, 0.6) is 23.0 Å². The summed E-state index contributed by atoms with van der Waals surface area (Å²) in [6.45, 7) is 0. The summed E-state index contributed by atoms with van der Waals surface area (Å²) in [5.41, 5.74) is 11.5. The van der Waals surface area contributed by atoms with E-state index in [9.17, 15) is 0 Å². The van der Waals surface area contributed by atoms with Gasteiger partial charge in [0.15, 0.2) is 0 Å². The van der Waals surface area contributed by atoms with Crippen molar-refractivity contribution >= 4 is 45.7 Å². The lowest BCUT2D eigenvalue weighted by Gasteiger charge is -2.38. The number of nitrogens with zero attached hydrogens (tertiary/aromatic N) is 8. The van der Waals surface area contributed by atoms with E-state index >= 15 is 0 Å². The van der Waals surface area contributed by atoms with Crippen LogP contribution in [0.1, 0.15) is 66.8 Å². The lowest BCUT2D eigenvalue weighted by Crippen LogP contribution is -2.43. The molecule has 4 aliphatic heterocycles. The van der Waals surface area contributed by atoms with Crippen LogP contribution in [0.3, 0.4) is 0 Å². The van der Waals surface area contributed by atoms with Gasteiger partial charge in [-0.1, -0.05) is 291 Å². The Labute approximate surface area is 581 Å². The molecule has 12 aromatic rings. The Morgan fingerprint density at radius 3 is 0.390 bits per heavy atom. The molecule has 0 aromatic heterocycles. The van der Waals surface area contributed by atoms with Gasteiger partial charge in [0.05, 0.1) is 74.1 Å². The van der Waals surface area contributed by atoms with Gasteiger partial charge in [0.2, 0.25) is 22.7 Å². The molecular formula is C88H68N8O4. The van der Waals surface area contributed by atoms with Gasteiger partial charge < -0.3 is 18.9 Å². The Balaban J connectivity index is 0.000000162. The Hall–Kier alpha value is -12.8. The third-order valence-electron chi connectivity index (χ3n) is 18.4. The van der Waals surface area contributed by atoms with Crippen LogP contribution in [0.2, 0.25) is 0 Å². The second-order valence-corrected chi connectivity index (χ2v) is 24.2. The summed E-state index contributed by atoms with van der Waals surface area (Å²) < 4.78 is 22.5. The van der Waals surface area contributed by atoms with Crippen LogP contribution in [0.4, 0.5) is 0 Å². The monoisotopic (exact) mass is 1300 g/mol. The molecule has 0 bridgehead atoms. The van der Waals surface area contributed by atoms with Gasteiger partial charge in [0.1, 0.15) is 23.0 Å². The van der Waals surface area contributed by atoms with Crippen molar-refractivity contribution in [3.63, 3.8) is 0 Å². The minimum absolute atomic E-state index is 0.730. The molecule has 0 fully saturated rings. The fourth-order valence-corrected chi connectivity index (χ4v) is 13.4. The minimum atomic E-state index is -1.37. The first-order valence-corrected chi connectivity index (χ1v) is 33.1. The summed E-state index contributed by atoms with van der Waals surface area (Å²) in [5, 5.41) is 0. The molecule has 0 amide bonds.